The first-order valence-electron chi connectivity index (χ1n) is 8.45. The van der Waals surface area contributed by atoms with Crippen LogP contribution < -0.4 is 0 Å². The predicted octanol–water partition coefficient (Wildman–Crippen LogP) is 4.49. The molecule has 0 N–H and O–H groups in total. The van der Waals surface area contributed by atoms with E-state index in [1.165, 1.54) is 23.0 Å². The van der Waals surface area contributed by atoms with Crippen molar-refractivity contribution in [3.63, 3.8) is 0 Å². The molecule has 0 unspecified atom stereocenters. The van der Waals surface area contributed by atoms with E-state index in [1.54, 1.807) is 6.92 Å². The maximum absolute atomic E-state index is 12.6. The van der Waals surface area contributed by atoms with Crippen LogP contribution in [0.2, 0.25) is 0 Å². The molecule has 1 aromatic rings. The fraction of sp³-hybridized carbons (Fsp3) is 0.474. The molecule has 4 heteroatoms. The van der Waals surface area contributed by atoms with Gasteiger partial charge in [0.1, 0.15) is 0 Å². The number of amides is 1. The Balaban J connectivity index is 1.52. The van der Waals surface area contributed by atoms with Gasteiger partial charge in [-0.15, -0.1) is 0 Å². The molecule has 1 amide bonds. The number of rotatable bonds is 7. The Hall–Kier alpha value is -1.55. The number of carbonyl (C=O) groups is 2. The molecule has 0 saturated heterocycles. The summed E-state index contributed by atoms with van der Waals surface area (Å²) in [5.74, 6) is 1.08. The zero-order valence-corrected chi connectivity index (χ0v) is 14.5. The van der Waals surface area contributed by atoms with Gasteiger partial charge in [-0.05, 0) is 37.3 Å². The van der Waals surface area contributed by atoms with E-state index in [-0.39, 0.29) is 11.0 Å². The zero-order valence-electron chi connectivity index (χ0n) is 13.6. The van der Waals surface area contributed by atoms with Crippen molar-refractivity contribution in [1.29, 1.82) is 0 Å². The molecule has 1 aliphatic heterocycles. The third-order valence-corrected chi connectivity index (χ3v) is 5.24. The molecule has 23 heavy (non-hydrogen) atoms. The third-order valence-electron chi connectivity index (χ3n) is 4.34. The minimum atomic E-state index is 0.169. The molecule has 1 fully saturated rings. The average Bonchev–Trinajstić information content (AvgIpc) is 3.33. The van der Waals surface area contributed by atoms with Crippen LogP contribution in [0.15, 0.2) is 29.8 Å². The Morgan fingerprint density at radius 1 is 1.09 bits per heavy atom. The van der Waals surface area contributed by atoms with Crippen molar-refractivity contribution in [3.05, 3.63) is 41.0 Å². The van der Waals surface area contributed by atoms with Gasteiger partial charge < -0.3 is 4.90 Å². The molecular formula is C19H23NO2S. The van der Waals surface area contributed by atoms with Gasteiger partial charge in [0, 0.05) is 30.3 Å². The molecule has 0 atom stereocenters. The van der Waals surface area contributed by atoms with E-state index in [9.17, 15) is 9.59 Å². The normalized spacial score (nSPS) is 16.0. The van der Waals surface area contributed by atoms with Crippen molar-refractivity contribution in [2.24, 2.45) is 0 Å². The quantitative estimate of drug-likeness (QED) is 0.692. The highest BCUT2D eigenvalue weighted by Gasteiger charge is 2.35. The Bertz CT molecular complexity index is 645. The van der Waals surface area contributed by atoms with Gasteiger partial charge in [-0.1, -0.05) is 42.8 Å². The summed E-state index contributed by atoms with van der Waals surface area (Å²) >= 11 is 1.41. The molecule has 0 aromatic heterocycles. The van der Waals surface area contributed by atoms with Crippen LogP contribution in [0.4, 0.5) is 0 Å². The van der Waals surface area contributed by atoms with Gasteiger partial charge in [0.05, 0.1) is 5.70 Å². The van der Waals surface area contributed by atoms with E-state index in [2.05, 4.69) is 6.07 Å². The van der Waals surface area contributed by atoms with Crippen molar-refractivity contribution in [3.8, 4) is 0 Å². The van der Waals surface area contributed by atoms with Crippen molar-refractivity contribution in [1.82, 2.24) is 4.90 Å². The lowest BCUT2D eigenvalue weighted by Gasteiger charge is -2.18. The Morgan fingerprint density at radius 3 is 2.48 bits per heavy atom. The highest BCUT2D eigenvalue weighted by atomic mass is 32.2. The molecule has 2 aliphatic rings. The number of hydrogen-bond acceptors (Lipinski definition) is 3. The van der Waals surface area contributed by atoms with Gasteiger partial charge in [0.15, 0.2) is 5.12 Å². The lowest BCUT2D eigenvalue weighted by atomic mass is 10.1. The molecule has 3 nitrogen and oxygen atoms in total. The third kappa shape index (κ3) is 3.86. The Morgan fingerprint density at radius 2 is 1.78 bits per heavy atom. The molecule has 1 saturated carbocycles. The molecule has 1 aromatic carbocycles. The van der Waals surface area contributed by atoms with E-state index in [4.69, 9.17) is 0 Å². The van der Waals surface area contributed by atoms with Crippen molar-refractivity contribution in [2.45, 2.75) is 45.4 Å². The Labute approximate surface area is 142 Å². The minimum absolute atomic E-state index is 0.169. The Kier molecular flexibility index (Phi) is 5.21. The van der Waals surface area contributed by atoms with E-state index >= 15 is 0 Å². The van der Waals surface area contributed by atoms with Gasteiger partial charge >= 0.3 is 0 Å². The lowest BCUT2D eigenvalue weighted by Crippen LogP contribution is -2.24. The van der Waals surface area contributed by atoms with Crippen LogP contribution in [0.5, 0.6) is 0 Å². The highest BCUT2D eigenvalue weighted by Crippen LogP contribution is 2.43. The second kappa shape index (κ2) is 7.35. The summed E-state index contributed by atoms with van der Waals surface area (Å²) in [5, 5.41) is 0.200. The first-order chi connectivity index (χ1) is 11.2. The zero-order chi connectivity index (χ0) is 16.2. The first kappa shape index (κ1) is 16.3. The van der Waals surface area contributed by atoms with Crippen LogP contribution in [0.3, 0.4) is 0 Å². The molecule has 0 radical (unpaired) electrons. The molecule has 1 aliphatic carbocycles. The summed E-state index contributed by atoms with van der Waals surface area (Å²) in [6.07, 6.45) is 6.61. The van der Waals surface area contributed by atoms with Crippen molar-refractivity contribution >= 4 is 28.5 Å². The highest BCUT2D eigenvalue weighted by molar-refractivity contribution is 8.13. The number of allylic oxidation sites excluding steroid dienone is 1. The van der Waals surface area contributed by atoms with Crippen molar-refractivity contribution < 1.29 is 9.59 Å². The minimum Gasteiger partial charge on any atom is -0.308 e. The summed E-state index contributed by atoms with van der Waals surface area (Å²) in [7, 11) is 0. The molecule has 0 spiro atoms. The van der Waals surface area contributed by atoms with E-state index in [0.717, 1.165) is 61.9 Å². The van der Waals surface area contributed by atoms with Gasteiger partial charge in [0.2, 0.25) is 0 Å². The van der Waals surface area contributed by atoms with Gasteiger partial charge in [-0.3, -0.25) is 9.59 Å². The number of benzene rings is 1. The SMILES string of the molecule is CC(=O)SCCCCCCN1C(=O)c2ccccc2C1=C1CC1. The molecular weight excluding hydrogens is 306 g/mol. The second-order valence-electron chi connectivity index (χ2n) is 6.21. The molecule has 122 valence electrons. The number of thioether (sulfide) groups is 1. The van der Waals surface area contributed by atoms with Crippen LogP contribution in [0, 0.1) is 0 Å². The maximum Gasteiger partial charge on any atom is 0.258 e. The largest absolute Gasteiger partial charge is 0.308 e. The summed E-state index contributed by atoms with van der Waals surface area (Å²) in [5.41, 5.74) is 4.61. The van der Waals surface area contributed by atoms with Crippen LogP contribution in [-0.2, 0) is 4.79 Å². The van der Waals surface area contributed by atoms with Crippen LogP contribution in [-0.4, -0.2) is 28.2 Å². The smallest absolute Gasteiger partial charge is 0.258 e. The summed E-state index contributed by atoms with van der Waals surface area (Å²) < 4.78 is 0. The number of unbranched alkanes of at least 4 members (excludes halogenated alkanes) is 3. The fourth-order valence-corrected chi connectivity index (χ4v) is 3.74. The monoisotopic (exact) mass is 329 g/mol. The van der Waals surface area contributed by atoms with Gasteiger partial charge in [-0.25, -0.2) is 0 Å². The topological polar surface area (TPSA) is 37.4 Å². The van der Waals surface area contributed by atoms with E-state index < -0.39 is 0 Å². The van der Waals surface area contributed by atoms with Crippen LogP contribution in [0.1, 0.15) is 61.4 Å². The second-order valence-corrected chi connectivity index (χ2v) is 7.48. The summed E-state index contributed by atoms with van der Waals surface area (Å²) in [4.78, 5) is 25.5. The van der Waals surface area contributed by atoms with E-state index in [0.29, 0.717) is 0 Å². The molecule has 1 heterocycles. The lowest BCUT2D eigenvalue weighted by molar-refractivity contribution is -0.109. The predicted molar refractivity (Wildman–Crippen MR) is 95.2 cm³/mol. The number of carbonyl (C=O) groups excluding carboxylic acids is 2. The summed E-state index contributed by atoms with van der Waals surface area (Å²) in [6.45, 7) is 2.43. The first-order valence-corrected chi connectivity index (χ1v) is 9.43. The fourth-order valence-electron chi connectivity index (χ4n) is 3.10. The number of nitrogens with zero attached hydrogens (tertiary/aromatic N) is 1. The van der Waals surface area contributed by atoms with Crippen molar-refractivity contribution in [2.75, 3.05) is 12.3 Å². The van der Waals surface area contributed by atoms with Crippen LogP contribution in [0.25, 0.3) is 5.70 Å². The average molecular weight is 329 g/mol. The summed E-state index contributed by atoms with van der Waals surface area (Å²) in [6, 6.07) is 7.99. The van der Waals surface area contributed by atoms with Gasteiger partial charge in [0.25, 0.3) is 5.91 Å². The molecule has 0 bridgehead atoms. The standard InChI is InChI=1S/C19H23NO2S/c1-14(21)23-13-7-3-2-6-12-20-18(15-10-11-15)16-8-4-5-9-17(16)19(20)22/h4-5,8-9H,2-3,6-7,10-13H2,1H3. The van der Waals surface area contributed by atoms with Gasteiger partial charge in [-0.2, -0.15) is 0 Å². The number of fused-ring (bicyclic) bond motifs is 1. The van der Waals surface area contributed by atoms with E-state index in [1.807, 2.05) is 23.1 Å². The maximum atomic E-state index is 12.6. The number of hydrogen-bond donors (Lipinski definition) is 0. The molecule has 3 rings (SSSR count). The van der Waals surface area contributed by atoms with Crippen LogP contribution >= 0.6 is 11.8 Å².